The number of alkyl halides is 3. The first-order chi connectivity index (χ1) is 14.5. The molecular formula is C16H19F3N4O7S. The molecule has 0 radical (unpaired) electrons. The van der Waals surface area contributed by atoms with Crippen molar-refractivity contribution in [3.63, 3.8) is 0 Å². The van der Waals surface area contributed by atoms with Gasteiger partial charge in [-0.05, 0) is 24.3 Å². The summed E-state index contributed by atoms with van der Waals surface area (Å²) in [6.07, 6.45) is -1.99. The zero-order valence-corrected chi connectivity index (χ0v) is 16.5. The largest absolute Gasteiger partial charge is 0.516 e. The van der Waals surface area contributed by atoms with E-state index in [1.165, 1.54) is 27.7 Å². The zero-order chi connectivity index (χ0) is 22.8. The molecule has 2 heterocycles. The number of hydrogen-bond donors (Lipinski definition) is 4. The van der Waals surface area contributed by atoms with Crippen molar-refractivity contribution in [1.82, 2.24) is 15.0 Å². The van der Waals surface area contributed by atoms with Gasteiger partial charge in [0, 0.05) is 5.69 Å². The van der Waals surface area contributed by atoms with Gasteiger partial charge in [-0.15, -0.1) is 5.10 Å². The molecular weight excluding hydrogens is 449 g/mol. The molecule has 2 aromatic rings. The molecule has 0 saturated carbocycles. The van der Waals surface area contributed by atoms with Gasteiger partial charge in [0.05, 0.1) is 19.4 Å². The van der Waals surface area contributed by atoms with E-state index in [1.807, 2.05) is 0 Å². The molecule has 31 heavy (non-hydrogen) atoms. The van der Waals surface area contributed by atoms with Gasteiger partial charge in [-0.2, -0.15) is 21.6 Å². The van der Waals surface area contributed by atoms with Crippen LogP contribution in [0.25, 0.3) is 0 Å². The van der Waals surface area contributed by atoms with Crippen molar-refractivity contribution in [2.75, 3.05) is 17.9 Å². The molecule has 0 aliphatic carbocycles. The van der Waals surface area contributed by atoms with Crippen LogP contribution in [0.3, 0.4) is 0 Å². The molecule has 0 bridgehead atoms. The summed E-state index contributed by atoms with van der Waals surface area (Å²) in [5.74, 6) is 0.228. The Hall–Kier alpha value is -2.46. The molecule has 4 atom stereocenters. The molecule has 0 spiro atoms. The van der Waals surface area contributed by atoms with Crippen molar-refractivity contribution in [3.8, 4) is 5.75 Å². The third-order valence-electron chi connectivity index (χ3n) is 4.48. The maximum absolute atomic E-state index is 12.4. The maximum atomic E-state index is 12.4. The normalized spacial score (nSPS) is 24.7. The van der Waals surface area contributed by atoms with E-state index in [1.54, 1.807) is 0 Å². The van der Waals surface area contributed by atoms with E-state index in [-0.39, 0.29) is 24.7 Å². The number of aliphatic hydroxyl groups excluding tert-OH is 3. The molecule has 1 saturated heterocycles. The number of halogens is 3. The molecule has 1 aromatic carbocycles. The number of ether oxygens (including phenoxy) is 2. The summed E-state index contributed by atoms with van der Waals surface area (Å²) >= 11 is 0. The first kappa shape index (κ1) is 23.2. The average Bonchev–Trinajstić information content (AvgIpc) is 3.17. The van der Waals surface area contributed by atoms with E-state index in [9.17, 15) is 31.8 Å². The van der Waals surface area contributed by atoms with Crippen LogP contribution in [-0.4, -0.2) is 75.8 Å². The third kappa shape index (κ3) is 5.24. The predicted octanol–water partition coefficient (Wildman–Crippen LogP) is -0.227. The molecule has 0 unspecified atom stereocenters. The van der Waals surface area contributed by atoms with Crippen molar-refractivity contribution in [1.29, 1.82) is 0 Å². The monoisotopic (exact) mass is 468 g/mol. The highest BCUT2D eigenvalue weighted by Gasteiger charge is 2.46. The van der Waals surface area contributed by atoms with E-state index < -0.39 is 46.5 Å². The molecule has 1 aliphatic heterocycles. The summed E-state index contributed by atoms with van der Waals surface area (Å²) < 4.78 is 72.8. The van der Waals surface area contributed by atoms with E-state index in [2.05, 4.69) is 10.3 Å². The van der Waals surface area contributed by atoms with Crippen molar-refractivity contribution >= 4 is 15.7 Å². The van der Waals surface area contributed by atoms with E-state index >= 15 is 0 Å². The smallest absolute Gasteiger partial charge is 0.487 e. The second-order valence-corrected chi connectivity index (χ2v) is 8.33. The molecule has 172 valence electrons. The molecule has 1 aliphatic rings. The Morgan fingerprint density at radius 3 is 2.52 bits per heavy atom. The van der Waals surface area contributed by atoms with Crippen LogP contribution in [0.2, 0.25) is 0 Å². The minimum atomic E-state index is -5.51. The Kier molecular flexibility index (Phi) is 6.70. The van der Waals surface area contributed by atoms with Gasteiger partial charge in [-0.25, -0.2) is 4.68 Å². The Morgan fingerprint density at radius 2 is 1.90 bits per heavy atom. The maximum Gasteiger partial charge on any atom is 0.516 e. The topological polar surface area (TPSA) is 156 Å². The number of aliphatic hydroxyl groups is 3. The first-order valence-corrected chi connectivity index (χ1v) is 10.3. The highest BCUT2D eigenvalue weighted by molar-refractivity contribution is 7.93. The fourth-order valence-corrected chi connectivity index (χ4v) is 3.35. The number of hydrogen-bond acceptors (Lipinski definition) is 9. The van der Waals surface area contributed by atoms with Gasteiger partial charge in [0.15, 0.2) is 0 Å². The van der Waals surface area contributed by atoms with Crippen LogP contribution in [0.5, 0.6) is 5.75 Å². The summed E-state index contributed by atoms with van der Waals surface area (Å²) in [7, 11) is -5.51. The van der Waals surface area contributed by atoms with Crippen LogP contribution in [0.15, 0.2) is 30.5 Å². The van der Waals surface area contributed by atoms with Crippen LogP contribution in [0.1, 0.15) is 11.7 Å². The average molecular weight is 468 g/mol. The lowest BCUT2D eigenvalue weighted by Gasteiger charge is -2.36. The highest BCUT2D eigenvalue weighted by Crippen LogP contribution is 2.27. The van der Waals surface area contributed by atoms with Gasteiger partial charge in [0.25, 0.3) is 0 Å². The summed E-state index contributed by atoms with van der Waals surface area (Å²) in [5, 5.41) is 36.9. The number of aromatic nitrogens is 3. The lowest BCUT2D eigenvalue weighted by Crippen LogP contribution is -2.52. The minimum Gasteiger partial charge on any atom is -0.487 e. The molecule has 3 rings (SSSR count). The molecule has 0 amide bonds. The second-order valence-electron chi connectivity index (χ2n) is 6.66. The standard InChI is InChI=1S/C16H19F3N4O7S/c17-16(18,19)31(27,28)21-9-1-3-11(4-2-9)29-7-10-5-23(22-20-10)12-8-30-13(6-24)15(26)14(12)25/h1-5,12-15,21,24-26H,6-8H2/t12-,13+,14+,15-/m0/s1. The first-order valence-electron chi connectivity index (χ1n) is 8.83. The lowest BCUT2D eigenvalue weighted by molar-refractivity contribution is -0.171. The van der Waals surface area contributed by atoms with Crippen LogP contribution in [0.4, 0.5) is 18.9 Å². The summed E-state index contributed by atoms with van der Waals surface area (Å²) in [6.45, 7) is -0.542. The van der Waals surface area contributed by atoms with Crippen LogP contribution in [0, 0.1) is 0 Å². The van der Waals surface area contributed by atoms with Gasteiger partial charge < -0.3 is 24.8 Å². The SMILES string of the molecule is O=S(=O)(Nc1ccc(OCc2cn([C@H]3CO[C@H](CO)[C@H](O)[C@@H]3O)nn2)cc1)C(F)(F)F. The van der Waals surface area contributed by atoms with Crippen molar-refractivity contribution in [2.45, 2.75) is 36.5 Å². The fourth-order valence-electron chi connectivity index (χ4n) is 2.79. The molecule has 1 aromatic heterocycles. The predicted molar refractivity (Wildman–Crippen MR) is 97.3 cm³/mol. The minimum absolute atomic E-state index is 0.0115. The molecule has 4 N–H and O–H groups in total. The van der Waals surface area contributed by atoms with Gasteiger partial charge >= 0.3 is 15.5 Å². The number of nitrogens with one attached hydrogen (secondary N) is 1. The summed E-state index contributed by atoms with van der Waals surface area (Å²) in [6, 6.07) is 4.00. The summed E-state index contributed by atoms with van der Waals surface area (Å²) in [5.41, 5.74) is -5.38. The second kappa shape index (κ2) is 8.96. The van der Waals surface area contributed by atoms with Crippen LogP contribution >= 0.6 is 0 Å². The van der Waals surface area contributed by atoms with Crippen molar-refractivity contribution in [3.05, 3.63) is 36.2 Å². The van der Waals surface area contributed by atoms with Crippen molar-refractivity contribution in [2.24, 2.45) is 0 Å². The lowest BCUT2D eigenvalue weighted by atomic mass is 9.98. The van der Waals surface area contributed by atoms with Gasteiger partial charge in [0.2, 0.25) is 0 Å². The third-order valence-corrected chi connectivity index (χ3v) is 5.60. The molecule has 1 fully saturated rings. The quantitative estimate of drug-likeness (QED) is 0.431. The van der Waals surface area contributed by atoms with E-state index in [4.69, 9.17) is 14.6 Å². The number of anilines is 1. The Bertz CT molecular complexity index is 984. The highest BCUT2D eigenvalue weighted by atomic mass is 32.2. The number of sulfonamides is 1. The number of benzene rings is 1. The zero-order valence-electron chi connectivity index (χ0n) is 15.7. The van der Waals surface area contributed by atoms with Crippen molar-refractivity contribution < 1.29 is 46.4 Å². The van der Waals surface area contributed by atoms with E-state index in [0.717, 1.165) is 12.1 Å². The van der Waals surface area contributed by atoms with Crippen LogP contribution in [-0.2, 0) is 21.4 Å². The van der Waals surface area contributed by atoms with Gasteiger partial charge in [-0.3, -0.25) is 4.72 Å². The Morgan fingerprint density at radius 1 is 1.23 bits per heavy atom. The van der Waals surface area contributed by atoms with E-state index in [0.29, 0.717) is 5.69 Å². The number of rotatable bonds is 7. The number of nitrogens with zero attached hydrogens (tertiary/aromatic N) is 3. The molecule has 11 nitrogen and oxygen atoms in total. The summed E-state index contributed by atoms with van der Waals surface area (Å²) in [4.78, 5) is 0. The van der Waals surface area contributed by atoms with Crippen LogP contribution < -0.4 is 9.46 Å². The molecule has 15 heteroatoms. The van der Waals surface area contributed by atoms with Gasteiger partial charge in [-0.1, -0.05) is 5.21 Å². The van der Waals surface area contributed by atoms with Gasteiger partial charge in [0.1, 0.15) is 42.4 Å². The Balaban J connectivity index is 1.57. The Labute approximate surface area is 174 Å². The fraction of sp³-hybridized carbons (Fsp3) is 0.500.